The maximum absolute atomic E-state index is 12.5. The van der Waals surface area contributed by atoms with Crippen LogP contribution in [-0.4, -0.2) is 34.9 Å². The molecular weight excluding hydrogens is 299 g/mol. The zero-order valence-corrected chi connectivity index (χ0v) is 12.3. The van der Waals surface area contributed by atoms with E-state index in [2.05, 4.69) is 0 Å². The van der Waals surface area contributed by atoms with Gasteiger partial charge in [0.25, 0.3) is 11.5 Å². The molecule has 0 bridgehead atoms. The molecule has 0 aliphatic carbocycles. The molecule has 1 aromatic heterocycles. The van der Waals surface area contributed by atoms with Gasteiger partial charge in [0.15, 0.2) is 0 Å². The average molecular weight is 317 g/mol. The number of hydrogen-bond donors (Lipinski definition) is 2. The van der Waals surface area contributed by atoms with Crippen LogP contribution in [0.1, 0.15) is 36.3 Å². The molecule has 0 aromatic carbocycles. The maximum Gasteiger partial charge on any atom is 0.431 e. The molecule has 1 amide bonds. The molecule has 0 radical (unpaired) electrons. The summed E-state index contributed by atoms with van der Waals surface area (Å²) >= 11 is 0. The number of nitrogens with two attached hydrogens (primary N) is 1. The number of piperidine rings is 1. The van der Waals surface area contributed by atoms with E-state index in [9.17, 15) is 22.8 Å². The second kappa shape index (κ2) is 5.42. The van der Waals surface area contributed by atoms with Crippen LogP contribution in [0.2, 0.25) is 0 Å². The van der Waals surface area contributed by atoms with Crippen LogP contribution in [0.4, 0.5) is 13.2 Å². The van der Waals surface area contributed by atoms with Crippen molar-refractivity contribution in [1.29, 1.82) is 0 Å². The molecule has 2 heterocycles. The summed E-state index contributed by atoms with van der Waals surface area (Å²) in [7, 11) is 0. The van der Waals surface area contributed by atoms with Gasteiger partial charge in [-0.3, -0.25) is 9.59 Å². The van der Waals surface area contributed by atoms with E-state index in [0.717, 1.165) is 6.07 Å². The number of amides is 1. The fourth-order valence-electron chi connectivity index (χ4n) is 2.53. The highest BCUT2D eigenvalue weighted by atomic mass is 19.4. The van der Waals surface area contributed by atoms with Gasteiger partial charge in [0, 0.05) is 19.1 Å². The van der Waals surface area contributed by atoms with E-state index >= 15 is 0 Å². The molecule has 1 unspecified atom stereocenters. The third-order valence-corrected chi connectivity index (χ3v) is 4.04. The summed E-state index contributed by atoms with van der Waals surface area (Å²) in [5.74, 6) is -0.574. The summed E-state index contributed by atoms with van der Waals surface area (Å²) in [5.41, 5.74) is 3.17. The molecule has 1 aliphatic rings. The van der Waals surface area contributed by atoms with Crippen molar-refractivity contribution >= 4 is 5.91 Å². The Kier molecular flexibility index (Phi) is 4.08. The normalized spacial score (nSPS) is 21.7. The third kappa shape index (κ3) is 3.16. The summed E-state index contributed by atoms with van der Waals surface area (Å²) < 4.78 is 37.6. The molecule has 1 saturated heterocycles. The summed E-state index contributed by atoms with van der Waals surface area (Å²) in [6.07, 6.45) is -4.07. The zero-order valence-electron chi connectivity index (χ0n) is 12.3. The summed E-state index contributed by atoms with van der Waals surface area (Å²) in [6.45, 7) is 4.56. The summed E-state index contributed by atoms with van der Waals surface area (Å²) in [4.78, 5) is 27.3. The molecule has 122 valence electrons. The van der Waals surface area contributed by atoms with E-state index in [1.807, 2.05) is 13.8 Å². The number of H-pyrrole nitrogens is 1. The van der Waals surface area contributed by atoms with Crippen molar-refractivity contribution in [3.8, 4) is 0 Å². The Hall–Kier alpha value is -1.83. The number of hydrogen-bond acceptors (Lipinski definition) is 3. The van der Waals surface area contributed by atoms with Crippen molar-refractivity contribution in [2.24, 2.45) is 11.1 Å². The zero-order chi connectivity index (χ0) is 16.7. The van der Waals surface area contributed by atoms with Gasteiger partial charge < -0.3 is 15.6 Å². The minimum Gasteiger partial charge on any atom is -0.338 e. The van der Waals surface area contributed by atoms with Crippen LogP contribution in [0.3, 0.4) is 0 Å². The van der Waals surface area contributed by atoms with E-state index in [1.165, 1.54) is 4.90 Å². The molecule has 0 saturated carbocycles. The molecule has 22 heavy (non-hydrogen) atoms. The molecule has 1 fully saturated rings. The van der Waals surface area contributed by atoms with Gasteiger partial charge in [-0.2, -0.15) is 13.2 Å². The molecule has 1 atom stereocenters. The lowest BCUT2D eigenvalue weighted by atomic mass is 9.79. The Balaban J connectivity index is 2.26. The Morgan fingerprint density at radius 2 is 2.05 bits per heavy atom. The second-order valence-electron chi connectivity index (χ2n) is 6.22. The molecular formula is C14H18F3N3O2. The number of carbonyl (C=O) groups is 1. The van der Waals surface area contributed by atoms with Crippen molar-refractivity contribution < 1.29 is 18.0 Å². The van der Waals surface area contributed by atoms with Crippen molar-refractivity contribution in [3.63, 3.8) is 0 Å². The predicted octanol–water partition coefficient (Wildman–Crippen LogP) is 1.59. The van der Waals surface area contributed by atoms with Gasteiger partial charge in [-0.15, -0.1) is 0 Å². The Morgan fingerprint density at radius 1 is 1.41 bits per heavy atom. The van der Waals surface area contributed by atoms with Crippen LogP contribution in [0.5, 0.6) is 0 Å². The minimum absolute atomic E-state index is 0.0672. The van der Waals surface area contributed by atoms with Crippen LogP contribution in [-0.2, 0) is 6.18 Å². The number of alkyl halides is 3. The molecule has 5 nitrogen and oxygen atoms in total. The number of carbonyl (C=O) groups excluding carboxylic acids is 1. The molecule has 3 N–H and O–H groups in total. The fourth-order valence-corrected chi connectivity index (χ4v) is 2.53. The summed E-state index contributed by atoms with van der Waals surface area (Å²) in [5, 5.41) is 0. The Bertz CT molecular complexity index is 637. The number of nitrogens with one attached hydrogen (secondary N) is 1. The number of halogens is 3. The molecule has 2 rings (SSSR count). The van der Waals surface area contributed by atoms with Gasteiger partial charge in [0.1, 0.15) is 11.3 Å². The van der Waals surface area contributed by atoms with Gasteiger partial charge in [-0.1, -0.05) is 13.8 Å². The van der Waals surface area contributed by atoms with Gasteiger partial charge >= 0.3 is 6.18 Å². The lowest BCUT2D eigenvalue weighted by Gasteiger charge is -2.42. The van der Waals surface area contributed by atoms with E-state index < -0.39 is 23.3 Å². The molecule has 1 aromatic rings. The number of pyridine rings is 1. The van der Waals surface area contributed by atoms with Gasteiger partial charge in [-0.25, -0.2) is 0 Å². The van der Waals surface area contributed by atoms with Crippen molar-refractivity contribution in [2.45, 2.75) is 32.5 Å². The first-order valence-corrected chi connectivity index (χ1v) is 6.88. The van der Waals surface area contributed by atoms with Crippen LogP contribution in [0.25, 0.3) is 0 Å². The van der Waals surface area contributed by atoms with Crippen molar-refractivity contribution in [3.05, 3.63) is 33.7 Å². The van der Waals surface area contributed by atoms with Gasteiger partial charge in [0.2, 0.25) is 0 Å². The Morgan fingerprint density at radius 3 is 2.55 bits per heavy atom. The lowest BCUT2D eigenvalue weighted by molar-refractivity contribution is -0.141. The number of nitrogens with zero attached hydrogens (tertiary/aromatic N) is 1. The standard InChI is InChI=1S/C14H18F3N3O2/c1-13(2)7-20(6-5-9(13)18)12(22)8-3-4-10(14(15,16)17)19-11(8)21/h3-4,9H,5-7,18H2,1-2H3,(H,19,21). The summed E-state index contributed by atoms with van der Waals surface area (Å²) in [6, 6.07) is 1.56. The van der Waals surface area contributed by atoms with Crippen LogP contribution in [0, 0.1) is 5.41 Å². The molecule has 0 spiro atoms. The first-order chi connectivity index (χ1) is 10.0. The quantitative estimate of drug-likeness (QED) is 0.825. The van der Waals surface area contributed by atoms with E-state index in [1.54, 1.807) is 4.98 Å². The largest absolute Gasteiger partial charge is 0.431 e. The highest BCUT2D eigenvalue weighted by Gasteiger charge is 2.37. The average Bonchev–Trinajstić information content (AvgIpc) is 2.40. The topological polar surface area (TPSA) is 79.2 Å². The van der Waals surface area contributed by atoms with E-state index in [4.69, 9.17) is 5.73 Å². The first-order valence-electron chi connectivity index (χ1n) is 6.88. The van der Waals surface area contributed by atoms with Crippen molar-refractivity contribution in [2.75, 3.05) is 13.1 Å². The van der Waals surface area contributed by atoms with Crippen LogP contribution < -0.4 is 11.3 Å². The van der Waals surface area contributed by atoms with Crippen LogP contribution >= 0.6 is 0 Å². The van der Waals surface area contributed by atoms with E-state index in [-0.39, 0.29) is 17.0 Å². The van der Waals surface area contributed by atoms with Gasteiger partial charge in [0.05, 0.1) is 0 Å². The number of aromatic nitrogens is 1. The SMILES string of the molecule is CC1(C)CN(C(=O)c2ccc(C(F)(F)F)[nH]c2=O)CCC1N. The predicted molar refractivity (Wildman–Crippen MR) is 74.3 cm³/mol. The second-order valence-corrected chi connectivity index (χ2v) is 6.22. The highest BCUT2D eigenvalue weighted by Crippen LogP contribution is 2.29. The highest BCUT2D eigenvalue weighted by molar-refractivity contribution is 5.94. The van der Waals surface area contributed by atoms with Crippen LogP contribution in [0.15, 0.2) is 16.9 Å². The number of likely N-dealkylation sites (tertiary alicyclic amines) is 1. The Labute approximate surface area is 125 Å². The van der Waals surface area contributed by atoms with E-state index in [0.29, 0.717) is 25.6 Å². The van der Waals surface area contributed by atoms with Crippen molar-refractivity contribution in [1.82, 2.24) is 9.88 Å². The number of aromatic amines is 1. The lowest BCUT2D eigenvalue weighted by Crippen LogP contribution is -2.54. The van der Waals surface area contributed by atoms with Gasteiger partial charge in [-0.05, 0) is 24.0 Å². The smallest absolute Gasteiger partial charge is 0.338 e. The third-order valence-electron chi connectivity index (χ3n) is 4.04. The number of rotatable bonds is 1. The monoisotopic (exact) mass is 317 g/mol. The fraction of sp³-hybridized carbons (Fsp3) is 0.571. The first kappa shape index (κ1) is 16.5. The minimum atomic E-state index is -4.65. The molecule has 1 aliphatic heterocycles. The molecule has 8 heteroatoms. The maximum atomic E-state index is 12.5.